The molecule has 102 valence electrons. The Balaban J connectivity index is 2.31. The Morgan fingerprint density at radius 2 is 2.11 bits per heavy atom. The lowest BCUT2D eigenvalue weighted by Crippen LogP contribution is -2.44. The lowest BCUT2D eigenvalue weighted by Gasteiger charge is -2.26. The monoisotopic (exact) mass is 393 g/mol. The van der Waals surface area contributed by atoms with Gasteiger partial charge < -0.3 is 10.0 Å². The first-order valence-corrected chi connectivity index (χ1v) is 7.38. The Morgan fingerprint density at radius 3 is 2.58 bits per heavy atom. The third-order valence-corrected chi connectivity index (χ3v) is 4.09. The molecule has 2 rings (SSSR count). The standard InChI is InChI=1S/C13H13ClINO3/c1-7(13(18)19)16(9-3-4-9)12(17)10-5-2-8(15)6-11(10)14/h2,5-7,9H,3-4H2,1H3,(H,18,19). The van der Waals surface area contributed by atoms with Crippen LogP contribution >= 0.6 is 34.2 Å². The minimum Gasteiger partial charge on any atom is -0.480 e. The molecule has 19 heavy (non-hydrogen) atoms. The number of carboxylic acids is 1. The average molecular weight is 394 g/mol. The molecule has 1 aromatic rings. The number of hydrogen-bond acceptors (Lipinski definition) is 2. The third-order valence-electron chi connectivity index (χ3n) is 3.11. The zero-order valence-electron chi connectivity index (χ0n) is 10.3. The molecule has 1 saturated carbocycles. The van der Waals surface area contributed by atoms with Crippen LogP contribution in [0.1, 0.15) is 30.1 Å². The molecular weight excluding hydrogens is 381 g/mol. The number of benzene rings is 1. The first-order chi connectivity index (χ1) is 8.91. The predicted octanol–water partition coefficient (Wildman–Crippen LogP) is 3.02. The van der Waals surface area contributed by atoms with Crippen molar-refractivity contribution in [3.05, 3.63) is 32.4 Å². The molecule has 1 aliphatic carbocycles. The highest BCUT2D eigenvalue weighted by molar-refractivity contribution is 14.1. The molecule has 1 aromatic carbocycles. The number of carbonyl (C=O) groups is 2. The van der Waals surface area contributed by atoms with E-state index in [4.69, 9.17) is 16.7 Å². The summed E-state index contributed by atoms with van der Waals surface area (Å²) in [5.41, 5.74) is 0.363. The van der Waals surface area contributed by atoms with E-state index in [1.807, 2.05) is 0 Å². The van der Waals surface area contributed by atoms with Crippen LogP contribution in [-0.4, -0.2) is 34.0 Å². The molecule has 1 fully saturated rings. The Kier molecular flexibility index (Phi) is 4.35. The Bertz CT molecular complexity index is 531. The van der Waals surface area contributed by atoms with Crippen LogP contribution in [0.4, 0.5) is 0 Å². The molecule has 0 heterocycles. The number of rotatable bonds is 4. The second-order valence-electron chi connectivity index (χ2n) is 4.58. The number of nitrogens with zero attached hydrogens (tertiary/aromatic N) is 1. The van der Waals surface area contributed by atoms with Crippen molar-refractivity contribution in [2.24, 2.45) is 0 Å². The van der Waals surface area contributed by atoms with Gasteiger partial charge in [0.25, 0.3) is 5.91 Å². The van der Waals surface area contributed by atoms with Crippen LogP contribution in [0.15, 0.2) is 18.2 Å². The molecule has 0 bridgehead atoms. The van der Waals surface area contributed by atoms with Crippen molar-refractivity contribution < 1.29 is 14.7 Å². The van der Waals surface area contributed by atoms with Crippen LogP contribution in [0.5, 0.6) is 0 Å². The molecule has 1 N–H and O–H groups in total. The fourth-order valence-electron chi connectivity index (χ4n) is 1.93. The van der Waals surface area contributed by atoms with Gasteiger partial charge in [0.05, 0.1) is 10.6 Å². The van der Waals surface area contributed by atoms with Crippen molar-refractivity contribution >= 4 is 46.1 Å². The van der Waals surface area contributed by atoms with E-state index in [-0.39, 0.29) is 11.9 Å². The van der Waals surface area contributed by atoms with Crippen molar-refractivity contribution in [3.63, 3.8) is 0 Å². The summed E-state index contributed by atoms with van der Waals surface area (Å²) in [5.74, 6) is -1.30. The topological polar surface area (TPSA) is 57.6 Å². The van der Waals surface area contributed by atoms with Crippen molar-refractivity contribution in [2.45, 2.75) is 31.8 Å². The van der Waals surface area contributed by atoms with E-state index in [1.54, 1.807) is 18.2 Å². The Morgan fingerprint density at radius 1 is 1.47 bits per heavy atom. The van der Waals surface area contributed by atoms with Gasteiger partial charge in [0.1, 0.15) is 6.04 Å². The van der Waals surface area contributed by atoms with E-state index in [9.17, 15) is 9.59 Å². The minimum atomic E-state index is -0.998. The van der Waals surface area contributed by atoms with Gasteiger partial charge in [0.2, 0.25) is 0 Å². The van der Waals surface area contributed by atoms with Crippen LogP contribution in [0.25, 0.3) is 0 Å². The Labute approximate surface area is 129 Å². The second kappa shape index (κ2) is 5.66. The van der Waals surface area contributed by atoms with Gasteiger partial charge in [0.15, 0.2) is 0 Å². The number of amides is 1. The van der Waals surface area contributed by atoms with E-state index in [2.05, 4.69) is 22.6 Å². The van der Waals surface area contributed by atoms with E-state index in [0.717, 1.165) is 16.4 Å². The quantitative estimate of drug-likeness (QED) is 0.800. The van der Waals surface area contributed by atoms with Gasteiger partial charge in [-0.05, 0) is 60.6 Å². The van der Waals surface area contributed by atoms with Gasteiger partial charge in [0, 0.05) is 9.61 Å². The molecule has 4 nitrogen and oxygen atoms in total. The highest BCUT2D eigenvalue weighted by Crippen LogP contribution is 2.32. The van der Waals surface area contributed by atoms with Crippen LogP contribution in [0.3, 0.4) is 0 Å². The van der Waals surface area contributed by atoms with Crippen LogP contribution in [-0.2, 0) is 4.79 Å². The summed E-state index contributed by atoms with van der Waals surface area (Å²) in [4.78, 5) is 25.0. The van der Waals surface area contributed by atoms with E-state index in [0.29, 0.717) is 10.6 Å². The second-order valence-corrected chi connectivity index (χ2v) is 6.23. The smallest absolute Gasteiger partial charge is 0.326 e. The number of hydrogen-bond donors (Lipinski definition) is 1. The van der Waals surface area contributed by atoms with Gasteiger partial charge in [-0.2, -0.15) is 0 Å². The summed E-state index contributed by atoms with van der Waals surface area (Å²) in [6.45, 7) is 1.53. The summed E-state index contributed by atoms with van der Waals surface area (Å²) in [6.07, 6.45) is 1.71. The highest BCUT2D eigenvalue weighted by Gasteiger charge is 2.39. The lowest BCUT2D eigenvalue weighted by atomic mass is 10.1. The summed E-state index contributed by atoms with van der Waals surface area (Å²) in [5, 5.41) is 9.47. The lowest BCUT2D eigenvalue weighted by molar-refractivity contribution is -0.141. The average Bonchev–Trinajstić information content (AvgIpc) is 3.13. The SMILES string of the molecule is CC(C(=O)O)N(C(=O)c1ccc(I)cc1Cl)C1CC1. The minimum absolute atomic E-state index is 0.0222. The zero-order chi connectivity index (χ0) is 14.2. The van der Waals surface area contributed by atoms with E-state index in [1.165, 1.54) is 11.8 Å². The van der Waals surface area contributed by atoms with E-state index < -0.39 is 12.0 Å². The van der Waals surface area contributed by atoms with Gasteiger partial charge in [-0.25, -0.2) is 4.79 Å². The largest absolute Gasteiger partial charge is 0.480 e. The number of carboxylic acid groups (broad SMARTS) is 1. The first kappa shape index (κ1) is 14.6. The first-order valence-electron chi connectivity index (χ1n) is 5.92. The maximum Gasteiger partial charge on any atom is 0.326 e. The fraction of sp³-hybridized carbons (Fsp3) is 0.385. The zero-order valence-corrected chi connectivity index (χ0v) is 13.2. The van der Waals surface area contributed by atoms with Crippen LogP contribution in [0.2, 0.25) is 5.02 Å². The van der Waals surface area contributed by atoms with Gasteiger partial charge >= 0.3 is 5.97 Å². The normalized spacial score (nSPS) is 15.9. The van der Waals surface area contributed by atoms with Gasteiger partial charge in [-0.15, -0.1) is 0 Å². The van der Waals surface area contributed by atoms with Gasteiger partial charge in [-0.1, -0.05) is 11.6 Å². The highest BCUT2D eigenvalue weighted by atomic mass is 127. The van der Waals surface area contributed by atoms with Crippen molar-refractivity contribution in [1.29, 1.82) is 0 Å². The molecule has 1 atom stereocenters. The number of aliphatic carboxylic acids is 1. The summed E-state index contributed by atoms with van der Waals surface area (Å²) in [7, 11) is 0. The van der Waals surface area contributed by atoms with Crippen molar-refractivity contribution in [3.8, 4) is 0 Å². The number of carbonyl (C=O) groups excluding carboxylic acids is 1. The molecule has 0 saturated heterocycles. The summed E-state index contributed by atoms with van der Waals surface area (Å²) >= 11 is 8.19. The molecule has 0 aliphatic heterocycles. The molecule has 0 aromatic heterocycles. The summed E-state index contributed by atoms with van der Waals surface area (Å²) in [6, 6.07) is 4.32. The third kappa shape index (κ3) is 3.20. The molecule has 0 spiro atoms. The maximum absolute atomic E-state index is 12.5. The fourth-order valence-corrected chi connectivity index (χ4v) is 2.87. The molecular formula is C13H13ClINO3. The summed E-state index contributed by atoms with van der Waals surface area (Å²) < 4.78 is 0.934. The Hall–Kier alpha value is -0.820. The molecule has 1 amide bonds. The maximum atomic E-state index is 12.5. The number of halogens is 2. The van der Waals surface area contributed by atoms with E-state index >= 15 is 0 Å². The van der Waals surface area contributed by atoms with Crippen molar-refractivity contribution in [1.82, 2.24) is 4.90 Å². The molecule has 0 radical (unpaired) electrons. The predicted molar refractivity (Wildman–Crippen MR) is 80.5 cm³/mol. The molecule has 1 unspecified atom stereocenters. The van der Waals surface area contributed by atoms with Crippen LogP contribution in [0, 0.1) is 3.57 Å². The van der Waals surface area contributed by atoms with Crippen molar-refractivity contribution in [2.75, 3.05) is 0 Å². The van der Waals surface area contributed by atoms with Crippen LogP contribution < -0.4 is 0 Å². The molecule has 6 heteroatoms. The molecule has 1 aliphatic rings. The van der Waals surface area contributed by atoms with Gasteiger partial charge in [-0.3, -0.25) is 4.79 Å².